The maximum Gasteiger partial charge on any atom is 0.352 e. The van der Waals surface area contributed by atoms with Gasteiger partial charge in [-0.15, -0.1) is 11.8 Å². The van der Waals surface area contributed by atoms with Gasteiger partial charge in [0.15, 0.2) is 0 Å². The molecule has 0 radical (unpaired) electrons. The number of fused-ring (bicyclic) bond motifs is 2. The third-order valence-corrected chi connectivity index (χ3v) is 6.43. The minimum Gasteiger partial charge on any atom is -0.477 e. The maximum absolute atomic E-state index is 11.8. The number of aromatic nitrogens is 2. The Labute approximate surface area is 150 Å². The second-order valence-electron chi connectivity index (χ2n) is 5.77. The molecule has 2 aromatic heterocycles. The van der Waals surface area contributed by atoms with E-state index in [4.69, 9.17) is 0 Å². The molecule has 8 nitrogen and oxygen atoms in total. The molecule has 1 saturated heterocycles. The maximum atomic E-state index is 11.8. The summed E-state index contributed by atoms with van der Waals surface area (Å²) in [6, 6.07) is 0. The Morgan fingerprint density at radius 2 is 2.36 bits per heavy atom. The van der Waals surface area contributed by atoms with Crippen molar-refractivity contribution in [2.45, 2.75) is 24.9 Å². The van der Waals surface area contributed by atoms with Gasteiger partial charge in [0.05, 0.1) is 11.8 Å². The standard InChI is InChI=1S/C15H14N4O4S2/c20-8-16-4-10-17(6-13-18(10)1-2-24-13)5-9-7-25-12-3-11(21)19(12)14(9)15(22)23/h1-2,6,8,12H,3-5,7H2,(H-,16,20,22,23)/p+1/t12-/m1/s1. The van der Waals surface area contributed by atoms with E-state index in [2.05, 4.69) is 5.32 Å². The number of carboxylic acid groups (broad SMARTS) is 1. The molecule has 25 heavy (non-hydrogen) atoms. The fourth-order valence-electron chi connectivity index (χ4n) is 3.21. The Kier molecular flexibility index (Phi) is 4.00. The second kappa shape index (κ2) is 6.19. The van der Waals surface area contributed by atoms with Gasteiger partial charge in [0.25, 0.3) is 5.82 Å². The van der Waals surface area contributed by atoms with Crippen LogP contribution < -0.4 is 9.88 Å². The van der Waals surface area contributed by atoms with Crippen LogP contribution in [0.2, 0.25) is 0 Å². The zero-order valence-electron chi connectivity index (χ0n) is 13.0. The SMILES string of the molecule is O=CNCc1n2ccsc2c[n+]1CC1=C(C(=O)O)N2C(=O)C[C@H]2SC1. The number of amides is 2. The number of rotatable bonds is 6. The Balaban J connectivity index is 1.73. The van der Waals surface area contributed by atoms with Gasteiger partial charge >= 0.3 is 5.97 Å². The summed E-state index contributed by atoms with van der Waals surface area (Å²) in [6.07, 6.45) is 4.89. The van der Waals surface area contributed by atoms with Crippen molar-refractivity contribution in [3.8, 4) is 0 Å². The highest BCUT2D eigenvalue weighted by atomic mass is 32.2. The predicted octanol–water partition coefficient (Wildman–Crippen LogP) is 0.178. The average Bonchev–Trinajstić information content (AvgIpc) is 3.14. The number of hydrogen-bond donors (Lipinski definition) is 2. The lowest BCUT2D eigenvalue weighted by atomic mass is 10.1. The van der Waals surface area contributed by atoms with E-state index < -0.39 is 5.97 Å². The lowest BCUT2D eigenvalue weighted by molar-refractivity contribution is -0.695. The van der Waals surface area contributed by atoms with Gasteiger partial charge in [0, 0.05) is 16.7 Å². The third kappa shape index (κ3) is 2.61. The molecule has 2 aliphatic rings. The van der Waals surface area contributed by atoms with Gasteiger partial charge in [-0.2, -0.15) is 4.40 Å². The summed E-state index contributed by atoms with van der Waals surface area (Å²) in [5.74, 6) is 0.218. The van der Waals surface area contributed by atoms with Crippen LogP contribution in [0.15, 0.2) is 29.0 Å². The first-order valence-electron chi connectivity index (χ1n) is 7.63. The molecule has 0 aliphatic carbocycles. The quantitative estimate of drug-likeness (QED) is 0.424. The first-order valence-corrected chi connectivity index (χ1v) is 9.56. The Morgan fingerprint density at radius 1 is 1.52 bits per heavy atom. The number of hydrogen-bond acceptors (Lipinski definition) is 5. The summed E-state index contributed by atoms with van der Waals surface area (Å²) in [7, 11) is 0. The van der Waals surface area contributed by atoms with Crippen molar-refractivity contribution in [3.63, 3.8) is 0 Å². The molecule has 130 valence electrons. The van der Waals surface area contributed by atoms with E-state index >= 15 is 0 Å². The van der Waals surface area contributed by atoms with Gasteiger partial charge < -0.3 is 10.4 Å². The summed E-state index contributed by atoms with van der Waals surface area (Å²) in [4.78, 5) is 36.7. The molecule has 2 amide bonds. The van der Waals surface area contributed by atoms with Crippen LogP contribution in [0, 0.1) is 0 Å². The van der Waals surface area contributed by atoms with Crippen LogP contribution in [0.25, 0.3) is 4.83 Å². The summed E-state index contributed by atoms with van der Waals surface area (Å²) in [5, 5.41) is 14.2. The van der Waals surface area contributed by atoms with E-state index in [1.165, 1.54) is 4.90 Å². The van der Waals surface area contributed by atoms with Crippen molar-refractivity contribution in [3.05, 3.63) is 34.9 Å². The zero-order valence-corrected chi connectivity index (χ0v) is 14.7. The molecule has 1 fully saturated rings. The summed E-state index contributed by atoms with van der Waals surface area (Å²) in [6.45, 7) is 0.706. The van der Waals surface area contributed by atoms with Crippen molar-refractivity contribution in [1.29, 1.82) is 0 Å². The van der Waals surface area contributed by atoms with Crippen molar-refractivity contribution < 1.29 is 24.1 Å². The zero-order chi connectivity index (χ0) is 17.6. The minimum atomic E-state index is -1.07. The molecule has 4 rings (SSSR count). The average molecular weight is 379 g/mol. The molecule has 4 heterocycles. The fourth-order valence-corrected chi connectivity index (χ4v) is 5.25. The molecule has 0 aromatic carbocycles. The number of nitrogens with zero attached hydrogens (tertiary/aromatic N) is 3. The van der Waals surface area contributed by atoms with Gasteiger partial charge in [0.2, 0.25) is 17.1 Å². The van der Waals surface area contributed by atoms with Gasteiger partial charge in [-0.3, -0.25) is 14.5 Å². The van der Waals surface area contributed by atoms with E-state index in [0.717, 1.165) is 10.7 Å². The van der Waals surface area contributed by atoms with Crippen molar-refractivity contribution in [1.82, 2.24) is 14.6 Å². The van der Waals surface area contributed by atoms with E-state index in [1.807, 2.05) is 26.7 Å². The Bertz CT molecular complexity index is 916. The van der Waals surface area contributed by atoms with Crippen molar-refractivity contribution >= 4 is 46.2 Å². The molecule has 0 bridgehead atoms. The van der Waals surface area contributed by atoms with E-state index in [1.54, 1.807) is 23.1 Å². The normalized spacial score (nSPS) is 19.8. The largest absolute Gasteiger partial charge is 0.477 e. The Hall–Kier alpha value is -2.33. The van der Waals surface area contributed by atoms with E-state index in [-0.39, 0.29) is 17.0 Å². The highest BCUT2D eigenvalue weighted by Gasteiger charge is 2.45. The van der Waals surface area contributed by atoms with Gasteiger partial charge in [-0.25, -0.2) is 9.36 Å². The highest BCUT2D eigenvalue weighted by molar-refractivity contribution is 8.00. The number of carbonyl (C=O) groups excluding carboxylic acids is 2. The van der Waals surface area contributed by atoms with Crippen molar-refractivity contribution in [2.75, 3.05) is 5.75 Å². The van der Waals surface area contributed by atoms with E-state index in [9.17, 15) is 19.5 Å². The summed E-state index contributed by atoms with van der Waals surface area (Å²) < 4.78 is 3.90. The first-order chi connectivity index (χ1) is 12.1. The monoisotopic (exact) mass is 379 g/mol. The minimum absolute atomic E-state index is 0.0546. The predicted molar refractivity (Wildman–Crippen MR) is 90.7 cm³/mol. The van der Waals surface area contributed by atoms with E-state index in [0.29, 0.717) is 37.2 Å². The summed E-state index contributed by atoms with van der Waals surface area (Å²) >= 11 is 3.15. The van der Waals surface area contributed by atoms with Crippen LogP contribution >= 0.6 is 23.1 Å². The molecular formula is C15H15N4O4S2+. The smallest absolute Gasteiger partial charge is 0.352 e. The number of thiazole rings is 1. The molecule has 1 atom stereocenters. The molecular weight excluding hydrogens is 364 g/mol. The highest BCUT2D eigenvalue weighted by Crippen LogP contribution is 2.39. The van der Waals surface area contributed by atoms with Crippen LogP contribution in [-0.2, 0) is 27.5 Å². The number of thioether (sulfide) groups is 1. The number of nitrogens with one attached hydrogen (secondary N) is 1. The molecule has 2 aromatic rings. The number of aliphatic carboxylic acids is 1. The lowest BCUT2D eigenvalue weighted by Gasteiger charge is -2.43. The van der Waals surface area contributed by atoms with Crippen LogP contribution in [-0.4, -0.2) is 43.8 Å². The number of imidazole rings is 1. The molecule has 2 aliphatic heterocycles. The number of β-lactam (4-membered cyclic amide) rings is 1. The van der Waals surface area contributed by atoms with Crippen LogP contribution in [0.4, 0.5) is 0 Å². The fraction of sp³-hybridized carbons (Fsp3) is 0.333. The lowest BCUT2D eigenvalue weighted by Crippen LogP contribution is -2.55. The first kappa shape index (κ1) is 16.2. The molecule has 2 N–H and O–H groups in total. The second-order valence-corrected chi connectivity index (χ2v) is 7.87. The summed E-state index contributed by atoms with van der Waals surface area (Å²) in [5.41, 5.74) is 0.814. The molecule has 0 spiro atoms. The number of carbonyl (C=O) groups is 3. The van der Waals surface area contributed by atoms with Gasteiger partial charge in [-0.05, 0) is 0 Å². The van der Waals surface area contributed by atoms with Gasteiger partial charge in [0.1, 0.15) is 31.2 Å². The van der Waals surface area contributed by atoms with Crippen LogP contribution in [0.1, 0.15) is 12.2 Å². The van der Waals surface area contributed by atoms with Crippen LogP contribution in [0.5, 0.6) is 0 Å². The van der Waals surface area contributed by atoms with Crippen LogP contribution in [0.3, 0.4) is 0 Å². The molecule has 10 heteroatoms. The Morgan fingerprint density at radius 3 is 3.08 bits per heavy atom. The van der Waals surface area contributed by atoms with Gasteiger partial charge in [-0.1, -0.05) is 11.3 Å². The molecule has 0 unspecified atom stereocenters. The number of carboxylic acids is 1. The molecule has 0 saturated carbocycles. The van der Waals surface area contributed by atoms with Crippen molar-refractivity contribution in [2.24, 2.45) is 0 Å². The third-order valence-electron chi connectivity index (χ3n) is 4.35. The topological polar surface area (TPSA) is 95.0 Å².